The molecule has 0 saturated carbocycles. The van der Waals surface area contributed by atoms with Gasteiger partial charge in [-0.3, -0.25) is 9.97 Å². The van der Waals surface area contributed by atoms with Gasteiger partial charge in [0.1, 0.15) is 0 Å². The molecule has 154 valence electrons. The highest BCUT2D eigenvalue weighted by atomic mass is 79.9. The first kappa shape index (κ1) is 18.7. The summed E-state index contributed by atoms with van der Waals surface area (Å²) in [5, 5.41) is 9.84. The molecule has 0 radical (unpaired) electrons. The van der Waals surface area contributed by atoms with E-state index in [1.54, 1.807) is 0 Å². The van der Waals surface area contributed by atoms with Gasteiger partial charge >= 0.3 is 0 Å². The predicted octanol–water partition coefficient (Wildman–Crippen LogP) is 8.67. The molecule has 0 aliphatic carbocycles. The molecule has 0 bridgehead atoms. The molecule has 0 aliphatic heterocycles. The molecule has 0 amide bonds. The van der Waals surface area contributed by atoms with E-state index in [0.29, 0.717) is 0 Å². The third kappa shape index (κ3) is 2.79. The maximum Gasteiger partial charge on any atom is 0.0970 e. The second-order valence-corrected chi connectivity index (χ2v) is 9.31. The molecule has 2 nitrogen and oxygen atoms in total. The van der Waals surface area contributed by atoms with Gasteiger partial charge in [-0.05, 0) is 79.8 Å². The van der Waals surface area contributed by atoms with Crippen molar-refractivity contribution < 1.29 is 0 Å². The Labute approximate surface area is 198 Å². The summed E-state index contributed by atoms with van der Waals surface area (Å²) in [5.74, 6) is 0. The highest BCUT2D eigenvalue weighted by Gasteiger charge is 2.13. The number of hydrogen-bond acceptors (Lipinski definition) is 2. The van der Waals surface area contributed by atoms with Crippen molar-refractivity contribution in [2.45, 2.75) is 0 Å². The van der Waals surface area contributed by atoms with Crippen LogP contribution < -0.4 is 0 Å². The first-order chi connectivity index (χ1) is 16.3. The Balaban J connectivity index is 1.62. The highest BCUT2D eigenvalue weighted by Crippen LogP contribution is 2.40. The second-order valence-electron chi connectivity index (χ2n) is 8.39. The van der Waals surface area contributed by atoms with Gasteiger partial charge in [0.15, 0.2) is 0 Å². The Kier molecular flexibility index (Phi) is 4.02. The van der Waals surface area contributed by atoms with Gasteiger partial charge < -0.3 is 0 Å². The van der Waals surface area contributed by atoms with Crippen LogP contribution in [0.3, 0.4) is 0 Å². The van der Waals surface area contributed by atoms with Gasteiger partial charge in [-0.2, -0.15) is 0 Å². The van der Waals surface area contributed by atoms with E-state index in [0.717, 1.165) is 26.3 Å². The topological polar surface area (TPSA) is 25.8 Å². The molecule has 0 atom stereocenters. The molecule has 0 saturated heterocycles. The van der Waals surface area contributed by atoms with Crippen molar-refractivity contribution in [2.24, 2.45) is 0 Å². The van der Waals surface area contributed by atoms with E-state index >= 15 is 0 Å². The summed E-state index contributed by atoms with van der Waals surface area (Å²) in [4.78, 5) is 9.30. The maximum absolute atomic E-state index is 4.69. The normalized spacial score (nSPS) is 11.8. The van der Waals surface area contributed by atoms with Crippen LogP contribution in [0, 0.1) is 0 Å². The number of nitrogens with zero attached hydrogens (tertiary/aromatic N) is 2. The number of aromatic nitrogens is 2. The second kappa shape index (κ2) is 7.09. The zero-order chi connectivity index (χ0) is 21.9. The van der Waals surface area contributed by atoms with Crippen LogP contribution >= 0.6 is 15.9 Å². The van der Waals surface area contributed by atoms with E-state index in [9.17, 15) is 0 Å². The SMILES string of the molecule is Brc1ccc2c3ccc(-c4cc5cccnc5c5ncccc45)cc3c3ccccc3c2c1. The van der Waals surface area contributed by atoms with Gasteiger partial charge in [-0.1, -0.05) is 70.5 Å². The van der Waals surface area contributed by atoms with Gasteiger partial charge in [0, 0.05) is 27.6 Å². The zero-order valence-corrected chi connectivity index (χ0v) is 19.2. The van der Waals surface area contributed by atoms with E-state index < -0.39 is 0 Å². The van der Waals surface area contributed by atoms with E-state index in [1.165, 1.54) is 43.4 Å². The Morgan fingerprint density at radius 1 is 0.485 bits per heavy atom. The van der Waals surface area contributed by atoms with Crippen molar-refractivity contribution in [3.8, 4) is 11.1 Å². The fourth-order valence-corrected chi connectivity index (χ4v) is 5.47. The summed E-state index contributed by atoms with van der Waals surface area (Å²) in [6.45, 7) is 0. The van der Waals surface area contributed by atoms with Gasteiger partial charge in [-0.15, -0.1) is 0 Å². The number of halogens is 1. The Morgan fingerprint density at radius 2 is 1.12 bits per heavy atom. The summed E-state index contributed by atoms with van der Waals surface area (Å²) >= 11 is 3.66. The number of rotatable bonds is 1. The van der Waals surface area contributed by atoms with Crippen LogP contribution in [-0.4, -0.2) is 9.97 Å². The minimum atomic E-state index is 0.943. The monoisotopic (exact) mass is 484 g/mol. The molecule has 7 rings (SSSR count). The lowest BCUT2D eigenvalue weighted by Crippen LogP contribution is -1.89. The Morgan fingerprint density at radius 3 is 1.94 bits per heavy atom. The van der Waals surface area contributed by atoms with E-state index in [2.05, 4.69) is 105 Å². The first-order valence-electron chi connectivity index (χ1n) is 10.9. The highest BCUT2D eigenvalue weighted by molar-refractivity contribution is 9.10. The van der Waals surface area contributed by atoms with Crippen molar-refractivity contribution >= 4 is 70.1 Å². The van der Waals surface area contributed by atoms with Crippen LogP contribution in [0.1, 0.15) is 0 Å². The molecule has 3 heteroatoms. The summed E-state index contributed by atoms with van der Waals surface area (Å²) in [6, 6.07) is 32.6. The molecule has 0 N–H and O–H groups in total. The molecule has 0 fully saturated rings. The lowest BCUT2D eigenvalue weighted by molar-refractivity contribution is 1.37. The van der Waals surface area contributed by atoms with E-state index in [4.69, 9.17) is 0 Å². The van der Waals surface area contributed by atoms with Crippen molar-refractivity contribution in [3.05, 3.63) is 108 Å². The third-order valence-corrected chi connectivity index (χ3v) is 7.06. The molecule has 2 aromatic heterocycles. The average Bonchev–Trinajstić information content (AvgIpc) is 2.88. The molecule has 0 unspecified atom stereocenters. The third-order valence-electron chi connectivity index (χ3n) is 6.57. The van der Waals surface area contributed by atoms with Crippen LogP contribution in [0.15, 0.2) is 108 Å². The standard InChI is InChI=1S/C30H17BrN2/c31-20-10-12-24-23-11-9-18(15-27(23)21-6-1-2-7-22(21)28(24)17-20)26-16-19-5-3-13-32-29(19)30-25(26)8-4-14-33-30/h1-17H. The van der Waals surface area contributed by atoms with Gasteiger partial charge in [0.25, 0.3) is 0 Å². The Bertz CT molecular complexity index is 1870. The molecule has 0 spiro atoms. The average molecular weight is 485 g/mol. The lowest BCUT2D eigenvalue weighted by Gasteiger charge is -2.14. The molecule has 2 heterocycles. The van der Waals surface area contributed by atoms with Crippen LogP contribution in [0.2, 0.25) is 0 Å². The van der Waals surface area contributed by atoms with Crippen molar-refractivity contribution in [1.29, 1.82) is 0 Å². The van der Waals surface area contributed by atoms with Crippen LogP contribution in [0.5, 0.6) is 0 Å². The van der Waals surface area contributed by atoms with Crippen LogP contribution in [0.4, 0.5) is 0 Å². The predicted molar refractivity (Wildman–Crippen MR) is 143 cm³/mol. The van der Waals surface area contributed by atoms with Crippen molar-refractivity contribution in [1.82, 2.24) is 9.97 Å². The van der Waals surface area contributed by atoms with Crippen molar-refractivity contribution in [2.75, 3.05) is 0 Å². The summed E-state index contributed by atoms with van der Waals surface area (Å²) in [7, 11) is 0. The van der Waals surface area contributed by atoms with Gasteiger partial charge in [-0.25, -0.2) is 0 Å². The summed E-state index contributed by atoms with van der Waals surface area (Å²) < 4.78 is 1.10. The summed E-state index contributed by atoms with van der Waals surface area (Å²) in [5.41, 5.74) is 4.26. The molecule has 5 aromatic carbocycles. The number of fused-ring (bicyclic) bond motifs is 9. The number of hydrogen-bond donors (Lipinski definition) is 0. The molecular weight excluding hydrogens is 468 g/mol. The molecule has 0 aliphatic rings. The van der Waals surface area contributed by atoms with Gasteiger partial charge in [0.2, 0.25) is 0 Å². The van der Waals surface area contributed by atoms with Crippen LogP contribution in [0.25, 0.3) is 65.3 Å². The largest absolute Gasteiger partial charge is 0.254 e. The maximum atomic E-state index is 4.69. The smallest absolute Gasteiger partial charge is 0.0970 e. The Hall–Kier alpha value is -3.82. The van der Waals surface area contributed by atoms with Crippen LogP contribution in [-0.2, 0) is 0 Å². The number of benzene rings is 5. The molecular formula is C30H17BrN2. The fraction of sp³-hybridized carbons (Fsp3) is 0. The minimum absolute atomic E-state index is 0.943. The van der Waals surface area contributed by atoms with Crippen molar-refractivity contribution in [3.63, 3.8) is 0 Å². The zero-order valence-electron chi connectivity index (χ0n) is 17.6. The van der Waals surface area contributed by atoms with Gasteiger partial charge in [0.05, 0.1) is 11.0 Å². The molecule has 33 heavy (non-hydrogen) atoms. The fourth-order valence-electron chi connectivity index (χ4n) is 5.11. The lowest BCUT2D eigenvalue weighted by atomic mass is 9.91. The van der Waals surface area contributed by atoms with E-state index in [-0.39, 0.29) is 0 Å². The van der Waals surface area contributed by atoms with E-state index in [1.807, 2.05) is 24.5 Å². The quantitative estimate of drug-likeness (QED) is 0.218. The first-order valence-corrected chi connectivity index (χ1v) is 11.7. The number of pyridine rings is 2. The molecule has 7 aromatic rings. The minimum Gasteiger partial charge on any atom is -0.254 e. The summed E-state index contributed by atoms with van der Waals surface area (Å²) in [6.07, 6.45) is 3.68.